The van der Waals surface area contributed by atoms with Crippen molar-refractivity contribution in [2.45, 2.75) is 18.1 Å². The Labute approximate surface area is 86.0 Å². The van der Waals surface area contributed by atoms with E-state index in [1.54, 1.807) is 0 Å². The van der Waals surface area contributed by atoms with Crippen LogP contribution in [0.3, 0.4) is 0 Å². The highest BCUT2D eigenvalue weighted by molar-refractivity contribution is 8.14. The Kier molecular flexibility index (Phi) is 2.38. The predicted octanol–water partition coefficient (Wildman–Crippen LogP) is 2.77. The molecule has 1 unspecified atom stereocenters. The average molecular weight is 237 g/mol. The quantitative estimate of drug-likeness (QED) is 0.757. The second kappa shape index (κ2) is 3.26. The molecular formula is C8H9ClO2S2. The molecule has 1 fully saturated rings. The maximum atomic E-state index is 11.3. The molecule has 13 heavy (non-hydrogen) atoms. The highest BCUT2D eigenvalue weighted by atomic mass is 35.7. The molecule has 0 N–H and O–H groups in total. The lowest BCUT2D eigenvalue weighted by molar-refractivity contribution is 0.588. The summed E-state index contributed by atoms with van der Waals surface area (Å²) >= 11 is 1.46. The van der Waals surface area contributed by atoms with Crippen molar-refractivity contribution in [3.63, 3.8) is 0 Å². The largest absolute Gasteiger partial charge is 0.240 e. The lowest BCUT2D eigenvalue weighted by Gasteiger charge is -2.09. The van der Waals surface area contributed by atoms with E-state index in [-0.39, 0.29) is 5.92 Å². The Balaban J connectivity index is 2.35. The average Bonchev–Trinajstić information content (AvgIpc) is 2.63. The molecule has 0 bridgehead atoms. The van der Waals surface area contributed by atoms with Crippen molar-refractivity contribution in [2.75, 3.05) is 0 Å². The first-order valence-corrected chi connectivity index (χ1v) is 7.31. The van der Waals surface area contributed by atoms with Crippen LogP contribution in [0.2, 0.25) is 0 Å². The van der Waals surface area contributed by atoms with Gasteiger partial charge in [0.05, 0.1) is 0 Å². The normalized spacial score (nSPS) is 20.1. The summed E-state index contributed by atoms with van der Waals surface area (Å²) in [6, 6.07) is 3.70. The smallest absolute Gasteiger partial charge is 0.212 e. The lowest BCUT2D eigenvalue weighted by atomic mass is 10.2. The minimum Gasteiger partial charge on any atom is -0.212 e. The molecule has 2 rings (SSSR count). The summed E-state index contributed by atoms with van der Waals surface area (Å²) in [5.74, 6) is 0.251. The molecule has 1 saturated carbocycles. The third-order valence-electron chi connectivity index (χ3n) is 2.18. The molecule has 0 aromatic carbocycles. The van der Waals surface area contributed by atoms with Crippen molar-refractivity contribution in [1.82, 2.24) is 0 Å². The highest BCUT2D eigenvalue weighted by Gasteiger charge is 2.40. The van der Waals surface area contributed by atoms with E-state index in [0.717, 1.165) is 17.7 Å². The Hall–Kier alpha value is -0.0600. The summed E-state index contributed by atoms with van der Waals surface area (Å²) in [5, 5.41) is 1.42. The van der Waals surface area contributed by atoms with Gasteiger partial charge in [-0.25, -0.2) is 8.42 Å². The second-order valence-corrected chi connectivity index (χ2v) is 6.98. The minimum atomic E-state index is -3.44. The number of halogens is 1. The van der Waals surface area contributed by atoms with Gasteiger partial charge in [0.25, 0.3) is 0 Å². The highest BCUT2D eigenvalue weighted by Crippen LogP contribution is 2.48. The van der Waals surface area contributed by atoms with Gasteiger partial charge in [-0.15, -0.1) is 11.3 Å². The van der Waals surface area contributed by atoms with Crippen molar-refractivity contribution < 1.29 is 8.42 Å². The van der Waals surface area contributed by atoms with Gasteiger partial charge in [0.15, 0.2) is 0 Å². The van der Waals surface area contributed by atoms with Crippen LogP contribution < -0.4 is 0 Å². The van der Waals surface area contributed by atoms with Crippen LogP contribution >= 0.6 is 22.0 Å². The number of hydrogen-bond acceptors (Lipinski definition) is 3. The van der Waals surface area contributed by atoms with E-state index in [4.69, 9.17) is 10.7 Å². The van der Waals surface area contributed by atoms with E-state index in [1.807, 2.05) is 17.5 Å². The summed E-state index contributed by atoms with van der Waals surface area (Å²) in [7, 11) is 1.96. The molecule has 0 saturated heterocycles. The van der Waals surface area contributed by atoms with Crippen LogP contribution in [-0.4, -0.2) is 8.42 Å². The van der Waals surface area contributed by atoms with Gasteiger partial charge in [-0.1, -0.05) is 6.07 Å². The van der Waals surface area contributed by atoms with Crippen LogP contribution in [0.4, 0.5) is 0 Å². The van der Waals surface area contributed by atoms with E-state index in [9.17, 15) is 8.42 Å². The maximum absolute atomic E-state index is 11.3. The van der Waals surface area contributed by atoms with Crippen LogP contribution in [0.1, 0.15) is 23.0 Å². The van der Waals surface area contributed by atoms with Gasteiger partial charge in [0.1, 0.15) is 5.25 Å². The zero-order valence-electron chi connectivity index (χ0n) is 6.81. The summed E-state index contributed by atoms with van der Waals surface area (Å²) in [6.45, 7) is 0. The molecule has 1 atom stereocenters. The third kappa shape index (κ3) is 2.06. The van der Waals surface area contributed by atoms with E-state index in [0.29, 0.717) is 0 Å². The third-order valence-corrected chi connectivity index (χ3v) is 5.10. The Morgan fingerprint density at radius 2 is 2.23 bits per heavy atom. The standard InChI is InChI=1S/C8H9ClO2S2/c9-13(10,11)8(6-3-4-6)7-2-1-5-12-7/h1-2,5-6,8H,3-4H2. The fourth-order valence-corrected chi connectivity index (χ4v) is 4.77. The fourth-order valence-electron chi connectivity index (χ4n) is 1.45. The van der Waals surface area contributed by atoms with Gasteiger partial charge in [0, 0.05) is 15.6 Å². The van der Waals surface area contributed by atoms with Crippen LogP contribution in [0, 0.1) is 5.92 Å². The molecule has 1 aromatic rings. The van der Waals surface area contributed by atoms with Crippen LogP contribution in [-0.2, 0) is 9.05 Å². The van der Waals surface area contributed by atoms with Crippen molar-refractivity contribution in [1.29, 1.82) is 0 Å². The van der Waals surface area contributed by atoms with Gasteiger partial charge in [-0.05, 0) is 30.2 Å². The molecule has 0 aliphatic heterocycles. The molecule has 0 radical (unpaired) electrons. The zero-order valence-corrected chi connectivity index (χ0v) is 9.20. The Morgan fingerprint density at radius 3 is 2.62 bits per heavy atom. The first-order valence-electron chi connectivity index (χ1n) is 4.06. The van der Waals surface area contributed by atoms with Gasteiger partial charge in [0.2, 0.25) is 9.05 Å². The van der Waals surface area contributed by atoms with Crippen molar-refractivity contribution >= 4 is 31.1 Å². The van der Waals surface area contributed by atoms with E-state index < -0.39 is 14.3 Å². The lowest BCUT2D eigenvalue weighted by Crippen LogP contribution is -2.07. The van der Waals surface area contributed by atoms with Crippen LogP contribution in [0.15, 0.2) is 17.5 Å². The monoisotopic (exact) mass is 236 g/mol. The van der Waals surface area contributed by atoms with Crippen molar-refractivity contribution in [3.05, 3.63) is 22.4 Å². The topological polar surface area (TPSA) is 34.1 Å². The van der Waals surface area contributed by atoms with Gasteiger partial charge in [-0.3, -0.25) is 0 Å². The van der Waals surface area contributed by atoms with E-state index >= 15 is 0 Å². The molecule has 0 amide bonds. The molecule has 1 aromatic heterocycles. The molecule has 1 aliphatic carbocycles. The molecule has 5 heteroatoms. The van der Waals surface area contributed by atoms with Crippen LogP contribution in [0.5, 0.6) is 0 Å². The van der Waals surface area contributed by atoms with E-state index in [2.05, 4.69) is 0 Å². The summed E-state index contributed by atoms with van der Waals surface area (Å²) in [5.41, 5.74) is 0. The summed E-state index contributed by atoms with van der Waals surface area (Å²) in [4.78, 5) is 0.873. The van der Waals surface area contributed by atoms with Gasteiger partial charge in [-0.2, -0.15) is 0 Å². The summed E-state index contributed by atoms with van der Waals surface area (Å²) < 4.78 is 22.6. The molecular weight excluding hydrogens is 228 g/mol. The van der Waals surface area contributed by atoms with Crippen LogP contribution in [0.25, 0.3) is 0 Å². The van der Waals surface area contributed by atoms with Gasteiger partial charge >= 0.3 is 0 Å². The maximum Gasteiger partial charge on any atom is 0.240 e. The summed E-state index contributed by atoms with van der Waals surface area (Å²) in [6.07, 6.45) is 1.96. The fraction of sp³-hybridized carbons (Fsp3) is 0.500. The molecule has 0 spiro atoms. The Morgan fingerprint density at radius 1 is 1.54 bits per heavy atom. The molecule has 1 aliphatic rings. The molecule has 72 valence electrons. The van der Waals surface area contributed by atoms with Crippen molar-refractivity contribution in [2.24, 2.45) is 5.92 Å². The molecule has 2 nitrogen and oxygen atoms in total. The zero-order chi connectivity index (χ0) is 9.47. The van der Waals surface area contributed by atoms with Crippen molar-refractivity contribution in [3.8, 4) is 0 Å². The van der Waals surface area contributed by atoms with E-state index in [1.165, 1.54) is 11.3 Å². The minimum absolute atomic E-state index is 0.251. The molecule has 1 heterocycles. The number of rotatable bonds is 3. The number of hydrogen-bond donors (Lipinski definition) is 0. The Bertz CT molecular complexity index is 378. The predicted molar refractivity (Wildman–Crippen MR) is 54.6 cm³/mol. The first-order chi connectivity index (χ1) is 6.09. The van der Waals surface area contributed by atoms with Gasteiger partial charge < -0.3 is 0 Å². The SMILES string of the molecule is O=S(=O)(Cl)C(c1cccs1)C1CC1. The first kappa shape index (κ1) is 9.49. The number of thiophene rings is 1. The second-order valence-electron chi connectivity index (χ2n) is 3.25.